The third-order valence-electron chi connectivity index (χ3n) is 10.4. The van der Waals surface area contributed by atoms with Gasteiger partial charge in [0, 0.05) is 23.2 Å². The van der Waals surface area contributed by atoms with Crippen LogP contribution in [0.2, 0.25) is 0 Å². The van der Waals surface area contributed by atoms with Gasteiger partial charge in [-0.05, 0) is 42.2 Å². The Balaban J connectivity index is 1.90. The largest absolute Gasteiger partial charge is 0.456 e. The van der Waals surface area contributed by atoms with Crippen molar-refractivity contribution in [3.63, 3.8) is 0 Å². The standard InChI is InChI=1S/C27H42O8/c1-12(2)19(28)23(31)35-16-10-27(33)15(5)21-25(8,13(3)9-17-26(21,32)11-34-17)22(30)20(29)18(14(16)4)24(27,6)7/h12-13,15-17,19-21,28-29,32-33H,9-11H2,1-8H3/t13-,15?,16?,17?,19?,20?,21?,25+,26?,27?/m0/s1. The van der Waals surface area contributed by atoms with Gasteiger partial charge in [0.25, 0.3) is 0 Å². The Morgan fingerprint density at radius 3 is 2.29 bits per heavy atom. The number of aliphatic hydroxyl groups is 4. The van der Waals surface area contributed by atoms with Crippen LogP contribution in [-0.2, 0) is 19.1 Å². The van der Waals surface area contributed by atoms with E-state index in [4.69, 9.17) is 9.47 Å². The lowest BCUT2D eigenvalue weighted by molar-refractivity contribution is -0.329. The van der Waals surface area contributed by atoms with Crippen LogP contribution < -0.4 is 0 Å². The molecule has 2 bridgehead atoms. The average molecular weight is 495 g/mol. The zero-order chi connectivity index (χ0) is 26.5. The summed E-state index contributed by atoms with van der Waals surface area (Å²) in [5.74, 6) is -3.02. The number of ketones is 1. The van der Waals surface area contributed by atoms with Crippen LogP contribution in [0.4, 0.5) is 0 Å². The quantitative estimate of drug-likeness (QED) is 0.345. The van der Waals surface area contributed by atoms with Gasteiger partial charge in [-0.3, -0.25) is 4.79 Å². The predicted molar refractivity (Wildman–Crippen MR) is 127 cm³/mol. The van der Waals surface area contributed by atoms with Crippen molar-refractivity contribution < 1.29 is 39.5 Å². The summed E-state index contributed by atoms with van der Waals surface area (Å²) >= 11 is 0. The summed E-state index contributed by atoms with van der Waals surface area (Å²) in [5.41, 5.74) is -4.12. The van der Waals surface area contributed by atoms with E-state index in [0.717, 1.165) is 0 Å². The highest BCUT2D eigenvalue weighted by Gasteiger charge is 2.73. The number of Topliss-reactive ketones (excluding diaryl/α,β-unsaturated/α-hetero) is 1. The summed E-state index contributed by atoms with van der Waals surface area (Å²) in [5, 5.41) is 46.1. The number of rotatable bonds is 3. The van der Waals surface area contributed by atoms with Gasteiger partial charge in [-0.25, -0.2) is 4.79 Å². The molecule has 10 atom stereocenters. The number of esters is 1. The van der Waals surface area contributed by atoms with Crippen LogP contribution in [-0.4, -0.2) is 74.4 Å². The molecule has 0 aromatic heterocycles. The van der Waals surface area contributed by atoms with Crippen LogP contribution in [0.15, 0.2) is 11.1 Å². The van der Waals surface area contributed by atoms with E-state index in [1.54, 1.807) is 41.5 Å². The first-order chi connectivity index (χ1) is 16.0. The zero-order valence-electron chi connectivity index (χ0n) is 22.2. The molecule has 1 heterocycles. The summed E-state index contributed by atoms with van der Waals surface area (Å²) in [4.78, 5) is 26.8. The Bertz CT molecular complexity index is 955. The normalized spacial score (nSPS) is 47.7. The average Bonchev–Trinajstić information content (AvgIpc) is 2.76. The third kappa shape index (κ3) is 3.29. The highest BCUT2D eigenvalue weighted by atomic mass is 16.6. The van der Waals surface area contributed by atoms with Crippen molar-refractivity contribution >= 4 is 11.8 Å². The molecule has 8 heteroatoms. The molecule has 3 fully saturated rings. The summed E-state index contributed by atoms with van der Waals surface area (Å²) in [7, 11) is 0. The van der Waals surface area contributed by atoms with E-state index in [-0.39, 0.29) is 30.6 Å². The molecule has 0 aromatic rings. The lowest BCUT2D eigenvalue weighted by Gasteiger charge is -2.68. The molecule has 0 spiro atoms. The predicted octanol–water partition coefficient (Wildman–Crippen LogP) is 1.76. The fraction of sp³-hybridized carbons (Fsp3) is 0.852. The summed E-state index contributed by atoms with van der Waals surface area (Å²) in [6, 6.07) is 0. The van der Waals surface area contributed by atoms with Crippen LogP contribution in [0.3, 0.4) is 0 Å². The second-order valence-electron chi connectivity index (χ2n) is 12.7. The lowest BCUT2D eigenvalue weighted by Crippen LogP contribution is -2.77. The maximum absolute atomic E-state index is 14.1. The minimum Gasteiger partial charge on any atom is -0.456 e. The number of fused-ring (bicyclic) bond motifs is 5. The molecule has 0 radical (unpaired) electrons. The van der Waals surface area contributed by atoms with Gasteiger partial charge in [-0.2, -0.15) is 0 Å². The van der Waals surface area contributed by atoms with Crippen molar-refractivity contribution in [3.8, 4) is 0 Å². The van der Waals surface area contributed by atoms with Crippen LogP contribution >= 0.6 is 0 Å². The fourth-order valence-corrected chi connectivity index (χ4v) is 7.89. The van der Waals surface area contributed by atoms with Crippen LogP contribution in [0.5, 0.6) is 0 Å². The molecular weight excluding hydrogens is 452 g/mol. The maximum atomic E-state index is 14.1. The van der Waals surface area contributed by atoms with E-state index in [1.165, 1.54) is 0 Å². The third-order valence-corrected chi connectivity index (χ3v) is 10.4. The first kappa shape index (κ1) is 26.7. The number of hydrogen-bond donors (Lipinski definition) is 4. The Morgan fingerprint density at radius 1 is 1.17 bits per heavy atom. The van der Waals surface area contributed by atoms with Crippen LogP contribution in [0, 0.1) is 34.5 Å². The zero-order valence-corrected chi connectivity index (χ0v) is 22.2. The van der Waals surface area contributed by atoms with Gasteiger partial charge in [0.2, 0.25) is 0 Å². The molecule has 1 aliphatic heterocycles. The Labute approximate surface area is 207 Å². The van der Waals surface area contributed by atoms with E-state index in [2.05, 4.69) is 0 Å². The molecule has 4 rings (SSSR count). The molecule has 3 aliphatic carbocycles. The number of aliphatic hydroxyl groups excluding tert-OH is 2. The van der Waals surface area contributed by atoms with E-state index < -0.39 is 64.3 Å². The highest BCUT2D eigenvalue weighted by Crippen LogP contribution is 2.65. The first-order valence-corrected chi connectivity index (χ1v) is 12.8. The SMILES string of the molecule is CC1=C2C(O)C(=O)[C@@]3(C)C(C(C)C(O)(CC1OC(=O)C(O)C(C)C)C2(C)C)C1(O)COC1C[C@@H]3C. The maximum Gasteiger partial charge on any atom is 0.335 e. The van der Waals surface area contributed by atoms with Gasteiger partial charge in [0.1, 0.15) is 17.8 Å². The molecule has 8 nitrogen and oxygen atoms in total. The molecule has 0 aromatic carbocycles. The van der Waals surface area contributed by atoms with Gasteiger partial charge in [-0.1, -0.05) is 48.5 Å². The van der Waals surface area contributed by atoms with Crippen molar-refractivity contribution in [1.82, 2.24) is 0 Å². The second kappa shape index (κ2) is 8.09. The molecule has 35 heavy (non-hydrogen) atoms. The van der Waals surface area contributed by atoms with Crippen molar-refractivity contribution in [2.75, 3.05) is 6.61 Å². The topological polar surface area (TPSA) is 134 Å². The second-order valence-corrected chi connectivity index (χ2v) is 12.7. The fourth-order valence-electron chi connectivity index (χ4n) is 7.89. The lowest BCUT2D eigenvalue weighted by atomic mass is 9.41. The van der Waals surface area contributed by atoms with Gasteiger partial charge >= 0.3 is 5.97 Å². The number of carbonyl (C=O) groups excluding carboxylic acids is 2. The minimum atomic E-state index is -1.53. The molecule has 1 saturated heterocycles. The molecule has 198 valence electrons. The number of hydrogen-bond acceptors (Lipinski definition) is 8. The van der Waals surface area contributed by atoms with Gasteiger partial charge < -0.3 is 29.9 Å². The van der Waals surface area contributed by atoms with Gasteiger partial charge in [0.05, 0.1) is 18.3 Å². The molecule has 4 aliphatic rings. The van der Waals surface area contributed by atoms with E-state index in [0.29, 0.717) is 17.6 Å². The highest BCUT2D eigenvalue weighted by molar-refractivity contribution is 5.93. The van der Waals surface area contributed by atoms with Crippen molar-refractivity contribution in [2.45, 2.75) is 104 Å². The Morgan fingerprint density at radius 2 is 1.77 bits per heavy atom. The van der Waals surface area contributed by atoms with Crippen molar-refractivity contribution in [3.05, 3.63) is 11.1 Å². The van der Waals surface area contributed by atoms with Crippen LogP contribution in [0.25, 0.3) is 0 Å². The van der Waals surface area contributed by atoms with Crippen molar-refractivity contribution in [1.29, 1.82) is 0 Å². The summed E-state index contributed by atoms with van der Waals surface area (Å²) < 4.78 is 11.4. The van der Waals surface area contributed by atoms with Gasteiger partial charge in [-0.15, -0.1) is 0 Å². The van der Waals surface area contributed by atoms with E-state index in [1.807, 2.05) is 13.8 Å². The monoisotopic (exact) mass is 494 g/mol. The number of carbonyl (C=O) groups is 2. The molecule has 4 N–H and O–H groups in total. The summed E-state index contributed by atoms with van der Waals surface area (Å²) in [6.07, 6.45) is -3.72. The minimum absolute atomic E-state index is 0.0243. The Kier molecular flexibility index (Phi) is 6.18. The molecule has 8 unspecified atom stereocenters. The molecular formula is C27H42O8. The van der Waals surface area contributed by atoms with Crippen molar-refractivity contribution in [2.24, 2.45) is 34.5 Å². The first-order valence-electron chi connectivity index (χ1n) is 12.8. The summed E-state index contributed by atoms with van der Waals surface area (Å²) in [6.45, 7) is 14.4. The van der Waals surface area contributed by atoms with E-state index >= 15 is 0 Å². The molecule has 2 saturated carbocycles. The number of ether oxygens (including phenoxy) is 2. The Hall–Kier alpha value is -1.32. The van der Waals surface area contributed by atoms with Gasteiger partial charge in [0.15, 0.2) is 11.9 Å². The molecule has 0 amide bonds. The van der Waals surface area contributed by atoms with Crippen LogP contribution in [0.1, 0.15) is 68.2 Å². The smallest absolute Gasteiger partial charge is 0.335 e. The van der Waals surface area contributed by atoms with E-state index in [9.17, 15) is 30.0 Å².